The number of nitrogens with one attached hydrogen (secondary N) is 2. The Kier molecular flexibility index (Phi) is 6.10. The van der Waals surface area contributed by atoms with Crippen molar-refractivity contribution in [3.8, 4) is 10.6 Å². The number of amides is 1. The van der Waals surface area contributed by atoms with Crippen molar-refractivity contribution in [2.45, 2.75) is 26.2 Å². The number of nitrogens with zero attached hydrogens (tertiary/aromatic N) is 1. The molecule has 1 aromatic carbocycles. The van der Waals surface area contributed by atoms with Gasteiger partial charge in [0.25, 0.3) is 5.91 Å². The molecule has 5 heteroatoms. The molecule has 2 aromatic rings. The largest absolute Gasteiger partial charge is 0.351 e. The zero-order valence-electron chi connectivity index (χ0n) is 13.3. The molecular formula is C17H23N3OS. The molecule has 4 nitrogen and oxygen atoms in total. The first-order chi connectivity index (χ1) is 10.6. The molecule has 0 aliphatic heterocycles. The van der Waals surface area contributed by atoms with Gasteiger partial charge in [-0.2, -0.15) is 0 Å². The highest BCUT2D eigenvalue weighted by Crippen LogP contribution is 2.25. The maximum absolute atomic E-state index is 12.0. The number of thiazole rings is 1. The second-order valence-corrected chi connectivity index (χ2v) is 6.39. The van der Waals surface area contributed by atoms with E-state index in [9.17, 15) is 4.79 Å². The zero-order chi connectivity index (χ0) is 15.9. The first-order valence-electron chi connectivity index (χ1n) is 7.60. The molecule has 22 heavy (non-hydrogen) atoms. The molecule has 0 radical (unpaired) electrons. The number of benzene rings is 1. The molecule has 1 aromatic heterocycles. The van der Waals surface area contributed by atoms with E-state index in [-0.39, 0.29) is 5.91 Å². The summed E-state index contributed by atoms with van der Waals surface area (Å²) >= 11 is 1.50. The smallest absolute Gasteiger partial charge is 0.270 e. The summed E-state index contributed by atoms with van der Waals surface area (Å²) in [7, 11) is 1.90. The van der Waals surface area contributed by atoms with Gasteiger partial charge < -0.3 is 10.6 Å². The molecule has 2 rings (SSSR count). The van der Waals surface area contributed by atoms with Crippen LogP contribution in [-0.2, 0) is 0 Å². The molecule has 1 amide bonds. The third-order valence-electron chi connectivity index (χ3n) is 3.45. The summed E-state index contributed by atoms with van der Waals surface area (Å²) in [6.45, 7) is 5.91. The van der Waals surface area contributed by atoms with E-state index in [1.54, 1.807) is 0 Å². The van der Waals surface area contributed by atoms with Crippen molar-refractivity contribution in [2.24, 2.45) is 0 Å². The molecule has 0 fully saturated rings. The highest BCUT2D eigenvalue weighted by Gasteiger charge is 2.11. The van der Waals surface area contributed by atoms with Crippen LogP contribution < -0.4 is 10.6 Å². The van der Waals surface area contributed by atoms with E-state index in [1.165, 1.54) is 16.9 Å². The van der Waals surface area contributed by atoms with Crippen molar-refractivity contribution in [3.05, 3.63) is 40.9 Å². The third kappa shape index (κ3) is 4.39. The predicted octanol–water partition coefficient (Wildman–Crippen LogP) is 3.27. The van der Waals surface area contributed by atoms with Crippen molar-refractivity contribution >= 4 is 17.2 Å². The van der Waals surface area contributed by atoms with E-state index in [1.807, 2.05) is 12.4 Å². The van der Waals surface area contributed by atoms with E-state index in [2.05, 4.69) is 53.7 Å². The summed E-state index contributed by atoms with van der Waals surface area (Å²) in [5.41, 5.74) is 2.86. The molecule has 2 N–H and O–H groups in total. The Morgan fingerprint density at radius 3 is 2.59 bits per heavy atom. The summed E-state index contributed by atoms with van der Waals surface area (Å²) in [6.07, 6.45) is 0.913. The van der Waals surface area contributed by atoms with E-state index in [4.69, 9.17) is 0 Å². The Morgan fingerprint density at radius 1 is 1.23 bits per heavy atom. The van der Waals surface area contributed by atoms with Crippen LogP contribution in [0.25, 0.3) is 10.6 Å². The average Bonchev–Trinajstić information content (AvgIpc) is 3.01. The minimum absolute atomic E-state index is 0.0996. The van der Waals surface area contributed by atoms with E-state index < -0.39 is 0 Å². The summed E-state index contributed by atoms with van der Waals surface area (Å²) in [5, 5.41) is 8.65. The molecule has 0 aliphatic carbocycles. The fourth-order valence-corrected chi connectivity index (χ4v) is 2.89. The van der Waals surface area contributed by atoms with Crippen molar-refractivity contribution in [1.82, 2.24) is 15.6 Å². The third-order valence-corrected chi connectivity index (χ3v) is 4.34. The van der Waals surface area contributed by atoms with Gasteiger partial charge in [0.05, 0.1) is 0 Å². The van der Waals surface area contributed by atoms with Gasteiger partial charge in [-0.3, -0.25) is 4.79 Å². The molecule has 0 unspecified atom stereocenters. The Balaban J connectivity index is 1.99. The van der Waals surface area contributed by atoms with Gasteiger partial charge in [0.1, 0.15) is 10.7 Å². The van der Waals surface area contributed by atoms with Crippen molar-refractivity contribution in [1.29, 1.82) is 0 Å². The molecular weight excluding hydrogens is 294 g/mol. The highest BCUT2D eigenvalue weighted by atomic mass is 32.1. The Bertz CT molecular complexity index is 605. The molecule has 0 saturated carbocycles. The second-order valence-electron chi connectivity index (χ2n) is 5.53. The normalized spacial score (nSPS) is 10.9. The van der Waals surface area contributed by atoms with Crippen LogP contribution in [0.4, 0.5) is 0 Å². The van der Waals surface area contributed by atoms with Crippen LogP contribution in [-0.4, -0.2) is 31.0 Å². The summed E-state index contributed by atoms with van der Waals surface area (Å²) in [4.78, 5) is 16.5. The zero-order valence-corrected chi connectivity index (χ0v) is 14.2. The Morgan fingerprint density at radius 2 is 1.95 bits per heavy atom. The number of rotatable bonds is 7. The van der Waals surface area contributed by atoms with Gasteiger partial charge in [-0.1, -0.05) is 38.1 Å². The molecule has 0 saturated heterocycles. The molecule has 0 aliphatic rings. The first-order valence-corrected chi connectivity index (χ1v) is 8.48. The topological polar surface area (TPSA) is 54.0 Å². The maximum atomic E-state index is 12.0. The van der Waals surface area contributed by atoms with Crippen molar-refractivity contribution in [3.63, 3.8) is 0 Å². The number of carbonyl (C=O) groups is 1. The van der Waals surface area contributed by atoms with Crippen LogP contribution in [0.2, 0.25) is 0 Å². The van der Waals surface area contributed by atoms with Crippen molar-refractivity contribution in [2.75, 3.05) is 20.1 Å². The summed E-state index contributed by atoms with van der Waals surface area (Å²) < 4.78 is 0. The van der Waals surface area contributed by atoms with E-state index in [0.29, 0.717) is 18.2 Å². The van der Waals surface area contributed by atoms with E-state index >= 15 is 0 Å². The maximum Gasteiger partial charge on any atom is 0.270 e. The van der Waals surface area contributed by atoms with Gasteiger partial charge in [-0.25, -0.2) is 4.98 Å². The predicted molar refractivity (Wildman–Crippen MR) is 92.5 cm³/mol. The minimum atomic E-state index is -0.0996. The van der Waals surface area contributed by atoms with Crippen LogP contribution in [0.15, 0.2) is 29.6 Å². The molecule has 1 heterocycles. The van der Waals surface area contributed by atoms with Crippen LogP contribution in [0.3, 0.4) is 0 Å². The quantitative estimate of drug-likeness (QED) is 0.771. The number of aromatic nitrogens is 1. The lowest BCUT2D eigenvalue weighted by Gasteiger charge is -2.05. The standard InChI is InChI=1S/C17H23N3OS/c1-12(2)13-5-7-14(8-6-13)17-20-15(11-22-17)16(21)19-10-4-9-18-3/h5-8,11-12,18H,4,9-10H2,1-3H3,(H,19,21). The van der Waals surface area contributed by atoms with Gasteiger partial charge in [0.2, 0.25) is 0 Å². The SMILES string of the molecule is CNCCCNC(=O)c1csc(-c2ccc(C(C)C)cc2)n1. The Labute approximate surface area is 136 Å². The average molecular weight is 317 g/mol. The lowest BCUT2D eigenvalue weighted by atomic mass is 10.0. The Hall–Kier alpha value is -1.72. The van der Waals surface area contributed by atoms with Gasteiger partial charge >= 0.3 is 0 Å². The lowest BCUT2D eigenvalue weighted by Crippen LogP contribution is -2.26. The minimum Gasteiger partial charge on any atom is -0.351 e. The fraction of sp³-hybridized carbons (Fsp3) is 0.412. The van der Waals surface area contributed by atoms with Gasteiger partial charge in [0, 0.05) is 17.5 Å². The monoisotopic (exact) mass is 317 g/mol. The lowest BCUT2D eigenvalue weighted by molar-refractivity contribution is 0.0949. The van der Waals surface area contributed by atoms with Crippen LogP contribution in [0, 0.1) is 0 Å². The van der Waals surface area contributed by atoms with Crippen LogP contribution >= 0.6 is 11.3 Å². The number of hydrogen-bond acceptors (Lipinski definition) is 4. The van der Waals surface area contributed by atoms with E-state index in [0.717, 1.165) is 23.5 Å². The molecule has 0 bridgehead atoms. The van der Waals surface area contributed by atoms with Gasteiger partial charge in [-0.05, 0) is 31.5 Å². The van der Waals surface area contributed by atoms with Gasteiger partial charge in [-0.15, -0.1) is 11.3 Å². The summed E-state index contributed by atoms with van der Waals surface area (Å²) in [5.74, 6) is 0.418. The first kappa shape index (κ1) is 16.6. The number of hydrogen-bond donors (Lipinski definition) is 2. The van der Waals surface area contributed by atoms with Crippen LogP contribution in [0.5, 0.6) is 0 Å². The van der Waals surface area contributed by atoms with Gasteiger partial charge in [0.15, 0.2) is 0 Å². The highest BCUT2D eigenvalue weighted by molar-refractivity contribution is 7.13. The van der Waals surface area contributed by atoms with Crippen molar-refractivity contribution < 1.29 is 4.79 Å². The fourth-order valence-electron chi connectivity index (χ4n) is 2.08. The molecule has 118 valence electrons. The second kappa shape index (κ2) is 8.06. The van der Waals surface area contributed by atoms with Crippen LogP contribution in [0.1, 0.15) is 42.2 Å². The summed E-state index contributed by atoms with van der Waals surface area (Å²) in [6, 6.07) is 8.39. The molecule has 0 atom stereocenters. The molecule has 0 spiro atoms. The number of carbonyl (C=O) groups excluding carboxylic acids is 1.